The largest absolute Gasteiger partial charge is 0.397 e. The van der Waals surface area contributed by atoms with E-state index in [1.54, 1.807) is 0 Å². The highest BCUT2D eigenvalue weighted by Gasteiger charge is 2.03. The molecule has 3 heteroatoms. The lowest BCUT2D eigenvalue weighted by Crippen LogP contribution is -1.98. The predicted molar refractivity (Wildman–Crippen MR) is 77.8 cm³/mol. The third-order valence-corrected chi connectivity index (χ3v) is 3.16. The van der Waals surface area contributed by atoms with E-state index in [-0.39, 0.29) is 0 Å². The Bertz CT molecular complexity index is 550. The molecule has 0 aliphatic heterocycles. The van der Waals surface area contributed by atoms with E-state index in [0.717, 1.165) is 21.5 Å². The Morgan fingerprint density at radius 1 is 1.00 bits per heavy atom. The summed E-state index contributed by atoms with van der Waals surface area (Å²) < 4.78 is 1.01. The van der Waals surface area contributed by atoms with Crippen LogP contribution in [0.5, 0.6) is 0 Å². The van der Waals surface area contributed by atoms with Gasteiger partial charge in [-0.3, -0.25) is 0 Å². The Kier molecular flexibility index (Phi) is 3.38. The summed E-state index contributed by atoms with van der Waals surface area (Å²) >= 11 is 3.44. The minimum atomic E-state index is 0.744. The minimum absolute atomic E-state index is 0.744. The second-order valence-corrected chi connectivity index (χ2v) is 5.09. The van der Waals surface area contributed by atoms with Crippen LogP contribution in [0, 0.1) is 13.8 Å². The van der Waals surface area contributed by atoms with Gasteiger partial charge in [0.1, 0.15) is 0 Å². The topological polar surface area (TPSA) is 38.0 Å². The molecule has 0 spiro atoms. The van der Waals surface area contributed by atoms with Gasteiger partial charge in [-0.05, 0) is 43.7 Å². The molecule has 0 aromatic heterocycles. The number of nitrogen functional groups attached to an aromatic ring is 1. The first-order chi connectivity index (χ1) is 8.06. The second kappa shape index (κ2) is 4.80. The van der Waals surface area contributed by atoms with E-state index in [1.807, 2.05) is 18.2 Å². The number of hydrogen-bond acceptors (Lipinski definition) is 2. The quantitative estimate of drug-likeness (QED) is 0.805. The van der Waals surface area contributed by atoms with Gasteiger partial charge in [0.05, 0.1) is 11.4 Å². The first-order valence-corrected chi connectivity index (χ1v) is 6.25. The van der Waals surface area contributed by atoms with Gasteiger partial charge >= 0.3 is 0 Å². The van der Waals surface area contributed by atoms with Crippen molar-refractivity contribution in [3.63, 3.8) is 0 Å². The highest BCUT2D eigenvalue weighted by molar-refractivity contribution is 9.10. The van der Waals surface area contributed by atoms with Gasteiger partial charge in [0.2, 0.25) is 0 Å². The molecule has 2 aromatic rings. The SMILES string of the molecule is Cc1ccc(Nc2cc(Br)ccc2N)c(C)c1. The molecule has 0 aliphatic rings. The smallest absolute Gasteiger partial charge is 0.0629 e. The van der Waals surface area contributed by atoms with Gasteiger partial charge in [-0.25, -0.2) is 0 Å². The molecule has 0 saturated carbocycles. The minimum Gasteiger partial charge on any atom is -0.397 e. The predicted octanol–water partition coefficient (Wildman–Crippen LogP) is 4.39. The first-order valence-electron chi connectivity index (χ1n) is 5.45. The van der Waals surface area contributed by atoms with Crippen molar-refractivity contribution in [2.24, 2.45) is 0 Å². The fourth-order valence-electron chi connectivity index (χ4n) is 1.74. The second-order valence-electron chi connectivity index (χ2n) is 4.17. The molecule has 0 amide bonds. The summed E-state index contributed by atoms with van der Waals surface area (Å²) in [6.07, 6.45) is 0. The van der Waals surface area contributed by atoms with Crippen molar-refractivity contribution in [3.05, 3.63) is 52.0 Å². The van der Waals surface area contributed by atoms with Gasteiger partial charge in [0.25, 0.3) is 0 Å². The van der Waals surface area contributed by atoms with E-state index in [9.17, 15) is 0 Å². The van der Waals surface area contributed by atoms with Crippen molar-refractivity contribution in [1.82, 2.24) is 0 Å². The highest BCUT2D eigenvalue weighted by atomic mass is 79.9. The van der Waals surface area contributed by atoms with E-state index >= 15 is 0 Å². The molecule has 0 aliphatic carbocycles. The average molecular weight is 291 g/mol. The van der Waals surface area contributed by atoms with Crippen LogP contribution in [0.25, 0.3) is 0 Å². The zero-order valence-corrected chi connectivity index (χ0v) is 11.5. The molecular weight excluding hydrogens is 276 g/mol. The summed E-state index contributed by atoms with van der Waals surface area (Å²) in [6, 6.07) is 12.1. The van der Waals surface area contributed by atoms with Crippen LogP contribution in [0.15, 0.2) is 40.9 Å². The lowest BCUT2D eigenvalue weighted by Gasteiger charge is -2.12. The van der Waals surface area contributed by atoms with Crippen LogP contribution in [0.3, 0.4) is 0 Å². The zero-order valence-electron chi connectivity index (χ0n) is 9.92. The number of benzene rings is 2. The van der Waals surface area contributed by atoms with Crippen LogP contribution in [-0.4, -0.2) is 0 Å². The molecular formula is C14H15BrN2. The molecule has 0 heterocycles. The molecule has 17 heavy (non-hydrogen) atoms. The van der Waals surface area contributed by atoms with Gasteiger partial charge in [-0.15, -0.1) is 0 Å². The Hall–Kier alpha value is -1.48. The van der Waals surface area contributed by atoms with E-state index in [4.69, 9.17) is 5.73 Å². The van der Waals surface area contributed by atoms with Crippen LogP contribution >= 0.6 is 15.9 Å². The molecule has 0 bridgehead atoms. The summed E-state index contributed by atoms with van der Waals surface area (Å²) in [4.78, 5) is 0. The number of halogens is 1. The fourth-order valence-corrected chi connectivity index (χ4v) is 2.10. The lowest BCUT2D eigenvalue weighted by molar-refractivity contribution is 1.37. The van der Waals surface area contributed by atoms with Crippen LogP contribution in [0.4, 0.5) is 17.1 Å². The maximum atomic E-state index is 5.93. The van der Waals surface area contributed by atoms with Crippen LogP contribution in [0.1, 0.15) is 11.1 Å². The van der Waals surface area contributed by atoms with Gasteiger partial charge in [-0.2, -0.15) is 0 Å². The van der Waals surface area contributed by atoms with Crippen LogP contribution < -0.4 is 11.1 Å². The maximum Gasteiger partial charge on any atom is 0.0629 e. The van der Waals surface area contributed by atoms with Crippen molar-refractivity contribution < 1.29 is 0 Å². The van der Waals surface area contributed by atoms with Crippen molar-refractivity contribution in [1.29, 1.82) is 0 Å². The standard InChI is InChI=1S/C14H15BrN2/c1-9-3-6-13(10(2)7-9)17-14-8-11(15)4-5-12(14)16/h3-8,17H,16H2,1-2H3. The number of hydrogen-bond donors (Lipinski definition) is 2. The molecule has 3 N–H and O–H groups in total. The fraction of sp³-hybridized carbons (Fsp3) is 0.143. The van der Waals surface area contributed by atoms with Gasteiger partial charge in [-0.1, -0.05) is 33.6 Å². The Morgan fingerprint density at radius 3 is 2.47 bits per heavy atom. The third-order valence-electron chi connectivity index (χ3n) is 2.67. The molecule has 2 rings (SSSR count). The molecule has 0 fully saturated rings. The highest BCUT2D eigenvalue weighted by Crippen LogP contribution is 2.28. The Morgan fingerprint density at radius 2 is 1.76 bits per heavy atom. The molecule has 88 valence electrons. The van der Waals surface area contributed by atoms with Crippen molar-refractivity contribution in [2.75, 3.05) is 11.1 Å². The van der Waals surface area contributed by atoms with E-state index in [0.29, 0.717) is 0 Å². The molecule has 0 unspecified atom stereocenters. The van der Waals surface area contributed by atoms with Crippen LogP contribution in [-0.2, 0) is 0 Å². The Balaban J connectivity index is 2.34. The van der Waals surface area contributed by atoms with Crippen LogP contribution in [0.2, 0.25) is 0 Å². The molecule has 0 saturated heterocycles. The van der Waals surface area contributed by atoms with Gasteiger partial charge in [0, 0.05) is 10.2 Å². The summed E-state index contributed by atoms with van der Waals surface area (Å²) in [5.41, 5.74) is 11.2. The normalized spacial score (nSPS) is 10.3. The van der Waals surface area contributed by atoms with E-state index in [2.05, 4.69) is 53.3 Å². The first kappa shape index (κ1) is 12.0. The number of nitrogens with two attached hydrogens (primary N) is 1. The number of nitrogens with one attached hydrogen (secondary N) is 1. The summed E-state index contributed by atoms with van der Waals surface area (Å²) in [5.74, 6) is 0. The van der Waals surface area contributed by atoms with Gasteiger partial charge in [0.15, 0.2) is 0 Å². The van der Waals surface area contributed by atoms with E-state index in [1.165, 1.54) is 11.1 Å². The Labute approximate surface area is 110 Å². The number of anilines is 3. The molecule has 2 nitrogen and oxygen atoms in total. The lowest BCUT2D eigenvalue weighted by atomic mass is 10.1. The number of rotatable bonds is 2. The van der Waals surface area contributed by atoms with Crippen molar-refractivity contribution >= 4 is 33.0 Å². The average Bonchev–Trinajstić information content (AvgIpc) is 2.27. The third kappa shape index (κ3) is 2.80. The van der Waals surface area contributed by atoms with E-state index < -0.39 is 0 Å². The molecule has 0 atom stereocenters. The monoisotopic (exact) mass is 290 g/mol. The maximum absolute atomic E-state index is 5.93. The number of aryl methyl sites for hydroxylation is 2. The van der Waals surface area contributed by atoms with Crippen molar-refractivity contribution in [3.8, 4) is 0 Å². The van der Waals surface area contributed by atoms with Crippen molar-refractivity contribution in [2.45, 2.75) is 13.8 Å². The summed E-state index contributed by atoms with van der Waals surface area (Å²) in [5, 5.41) is 3.35. The summed E-state index contributed by atoms with van der Waals surface area (Å²) in [6.45, 7) is 4.17. The van der Waals surface area contributed by atoms with Gasteiger partial charge < -0.3 is 11.1 Å². The zero-order chi connectivity index (χ0) is 12.4. The molecule has 0 radical (unpaired) electrons. The summed E-state index contributed by atoms with van der Waals surface area (Å²) in [7, 11) is 0. The molecule has 2 aromatic carbocycles.